The van der Waals surface area contributed by atoms with Gasteiger partial charge in [-0.05, 0) is 12.8 Å². The Morgan fingerprint density at radius 2 is 0.273 bits per heavy atom. The molecule has 0 aromatic carbocycles. The SMILES string of the molecule is CCCCCCCCCCCCCCCCOCCOCCOCCOCCOCCOCCOCCOCCOCCOCCOCCOCCCCC. The average Bonchev–Trinajstić information content (AvgIpc) is 3.20. The van der Waals surface area contributed by atoms with Crippen molar-refractivity contribution in [2.75, 3.05) is 159 Å². The number of unbranched alkanes of at least 4 members (excludes halogenated alkanes) is 15. The predicted molar refractivity (Wildman–Crippen MR) is 220 cm³/mol. The molecule has 12 heteroatoms. The van der Waals surface area contributed by atoms with Gasteiger partial charge >= 0.3 is 0 Å². The van der Waals surface area contributed by atoms with Crippen molar-refractivity contribution in [3.63, 3.8) is 0 Å². The molecule has 0 atom stereocenters. The summed E-state index contributed by atoms with van der Waals surface area (Å²) in [5, 5.41) is 0. The Hall–Kier alpha value is -0.480. The van der Waals surface area contributed by atoms with Gasteiger partial charge in [0.05, 0.1) is 145 Å². The van der Waals surface area contributed by atoms with Crippen molar-refractivity contribution >= 4 is 0 Å². The van der Waals surface area contributed by atoms with Gasteiger partial charge in [-0.1, -0.05) is 110 Å². The Balaban J connectivity index is 3.05. The molecule has 0 N–H and O–H groups in total. The zero-order valence-corrected chi connectivity index (χ0v) is 35.9. The molecular formula is C43H88O12. The normalized spacial score (nSPS) is 11.7. The highest BCUT2D eigenvalue weighted by atomic mass is 16.6. The van der Waals surface area contributed by atoms with Crippen molar-refractivity contribution in [2.45, 2.75) is 123 Å². The fourth-order valence-electron chi connectivity index (χ4n) is 5.37. The molecule has 0 aromatic rings. The Kier molecular flexibility index (Phi) is 53.1. The highest BCUT2D eigenvalue weighted by molar-refractivity contribution is 4.49. The topological polar surface area (TPSA) is 111 Å². The van der Waals surface area contributed by atoms with E-state index < -0.39 is 0 Å². The summed E-state index contributed by atoms with van der Waals surface area (Å²) in [5.41, 5.74) is 0. The summed E-state index contributed by atoms with van der Waals surface area (Å²) in [6.45, 7) is 18.3. The molecule has 0 bridgehead atoms. The van der Waals surface area contributed by atoms with E-state index in [1.807, 2.05) is 0 Å². The molecule has 0 aromatic heterocycles. The van der Waals surface area contributed by atoms with E-state index in [2.05, 4.69) is 13.8 Å². The molecule has 0 aliphatic carbocycles. The van der Waals surface area contributed by atoms with Crippen molar-refractivity contribution in [1.82, 2.24) is 0 Å². The molecule has 12 nitrogen and oxygen atoms in total. The van der Waals surface area contributed by atoms with E-state index in [0.29, 0.717) is 145 Å². The molecule has 55 heavy (non-hydrogen) atoms. The van der Waals surface area contributed by atoms with Gasteiger partial charge < -0.3 is 56.8 Å². The van der Waals surface area contributed by atoms with Crippen LogP contribution in [-0.2, 0) is 56.8 Å². The second kappa shape index (κ2) is 53.5. The molecular weight excluding hydrogens is 708 g/mol. The molecule has 0 fully saturated rings. The predicted octanol–water partition coefficient (Wildman–Crippen LogP) is 7.86. The summed E-state index contributed by atoms with van der Waals surface area (Å²) < 4.78 is 66.4. The van der Waals surface area contributed by atoms with Gasteiger partial charge in [-0.25, -0.2) is 0 Å². The molecule has 0 radical (unpaired) electrons. The quantitative estimate of drug-likeness (QED) is 0.0559. The average molecular weight is 797 g/mol. The fourth-order valence-corrected chi connectivity index (χ4v) is 5.37. The summed E-state index contributed by atoms with van der Waals surface area (Å²) in [6, 6.07) is 0. The first-order chi connectivity index (χ1) is 27.4. The molecule has 0 saturated carbocycles. The van der Waals surface area contributed by atoms with Gasteiger partial charge in [-0.2, -0.15) is 0 Å². The standard InChI is InChI=1S/C43H88O12/c1-3-5-7-8-9-10-11-12-13-14-15-16-17-19-21-45-23-25-47-27-29-49-31-33-51-35-37-53-39-41-55-43-42-54-40-38-52-36-34-50-32-30-48-28-26-46-24-22-44-20-18-6-4-2/h3-43H2,1-2H3. The monoisotopic (exact) mass is 797 g/mol. The molecule has 0 heterocycles. The molecule has 0 saturated heterocycles. The third-order valence-electron chi connectivity index (χ3n) is 8.63. The number of rotatable bonds is 52. The largest absolute Gasteiger partial charge is 0.379 e. The van der Waals surface area contributed by atoms with E-state index >= 15 is 0 Å². The molecule has 0 aliphatic heterocycles. The van der Waals surface area contributed by atoms with Crippen molar-refractivity contribution in [2.24, 2.45) is 0 Å². The van der Waals surface area contributed by atoms with Crippen molar-refractivity contribution < 1.29 is 56.8 Å². The number of hydrogen-bond donors (Lipinski definition) is 0. The molecule has 332 valence electrons. The first kappa shape index (κ1) is 54.5. The summed E-state index contributed by atoms with van der Waals surface area (Å²) >= 11 is 0. The van der Waals surface area contributed by atoms with Crippen LogP contribution in [0.2, 0.25) is 0 Å². The zero-order chi connectivity index (χ0) is 39.5. The van der Waals surface area contributed by atoms with Crippen LogP contribution in [0.1, 0.15) is 123 Å². The van der Waals surface area contributed by atoms with Gasteiger partial charge in [0.15, 0.2) is 0 Å². The van der Waals surface area contributed by atoms with E-state index in [-0.39, 0.29) is 0 Å². The maximum Gasteiger partial charge on any atom is 0.0701 e. The van der Waals surface area contributed by atoms with E-state index in [1.54, 1.807) is 0 Å². The summed E-state index contributed by atoms with van der Waals surface area (Å²) in [4.78, 5) is 0. The van der Waals surface area contributed by atoms with Crippen LogP contribution < -0.4 is 0 Å². The number of ether oxygens (including phenoxy) is 12. The first-order valence-electron chi connectivity index (χ1n) is 22.3. The van der Waals surface area contributed by atoms with E-state index in [1.165, 1.54) is 96.3 Å². The smallest absolute Gasteiger partial charge is 0.0701 e. The van der Waals surface area contributed by atoms with Crippen LogP contribution in [-0.4, -0.2) is 159 Å². The Labute approximate surface area is 337 Å². The van der Waals surface area contributed by atoms with Gasteiger partial charge in [0.2, 0.25) is 0 Å². The highest BCUT2D eigenvalue weighted by Gasteiger charge is 1.98. The lowest BCUT2D eigenvalue weighted by atomic mass is 10.0. The van der Waals surface area contributed by atoms with Crippen LogP contribution in [0.25, 0.3) is 0 Å². The van der Waals surface area contributed by atoms with Crippen LogP contribution in [0.4, 0.5) is 0 Å². The van der Waals surface area contributed by atoms with Gasteiger partial charge in [0.25, 0.3) is 0 Å². The van der Waals surface area contributed by atoms with Crippen LogP contribution in [0, 0.1) is 0 Å². The van der Waals surface area contributed by atoms with E-state index in [0.717, 1.165) is 26.1 Å². The van der Waals surface area contributed by atoms with Crippen LogP contribution in [0.5, 0.6) is 0 Å². The lowest BCUT2D eigenvalue weighted by Crippen LogP contribution is -2.15. The maximum absolute atomic E-state index is 5.69. The fraction of sp³-hybridized carbons (Fsp3) is 1.00. The van der Waals surface area contributed by atoms with Crippen molar-refractivity contribution in [3.05, 3.63) is 0 Å². The zero-order valence-electron chi connectivity index (χ0n) is 35.9. The van der Waals surface area contributed by atoms with Crippen molar-refractivity contribution in [1.29, 1.82) is 0 Å². The molecule has 0 amide bonds. The van der Waals surface area contributed by atoms with E-state index in [4.69, 9.17) is 56.8 Å². The van der Waals surface area contributed by atoms with Gasteiger partial charge in [-0.3, -0.25) is 0 Å². The van der Waals surface area contributed by atoms with Gasteiger partial charge in [0.1, 0.15) is 0 Å². The minimum absolute atomic E-state index is 0.522. The van der Waals surface area contributed by atoms with Crippen LogP contribution >= 0.6 is 0 Å². The molecule has 0 aliphatic rings. The number of hydrogen-bond acceptors (Lipinski definition) is 12. The lowest BCUT2D eigenvalue weighted by Gasteiger charge is -2.09. The third kappa shape index (κ3) is 53.5. The van der Waals surface area contributed by atoms with E-state index in [9.17, 15) is 0 Å². The minimum atomic E-state index is 0.522. The van der Waals surface area contributed by atoms with Crippen molar-refractivity contribution in [3.8, 4) is 0 Å². The second-order valence-electron chi connectivity index (χ2n) is 13.7. The maximum atomic E-state index is 5.69. The molecule has 0 rings (SSSR count). The van der Waals surface area contributed by atoms with Gasteiger partial charge in [0, 0.05) is 13.2 Å². The molecule has 0 unspecified atom stereocenters. The molecule has 0 spiro atoms. The minimum Gasteiger partial charge on any atom is -0.379 e. The Morgan fingerprint density at radius 3 is 0.473 bits per heavy atom. The Bertz CT molecular complexity index is 597. The van der Waals surface area contributed by atoms with Crippen LogP contribution in [0.3, 0.4) is 0 Å². The second-order valence-corrected chi connectivity index (χ2v) is 13.7. The first-order valence-corrected chi connectivity index (χ1v) is 22.3. The van der Waals surface area contributed by atoms with Gasteiger partial charge in [-0.15, -0.1) is 0 Å². The summed E-state index contributed by atoms with van der Waals surface area (Å²) in [6.07, 6.45) is 22.8. The Morgan fingerprint density at radius 1 is 0.145 bits per heavy atom. The third-order valence-corrected chi connectivity index (χ3v) is 8.63. The van der Waals surface area contributed by atoms with Crippen LogP contribution in [0.15, 0.2) is 0 Å². The highest BCUT2D eigenvalue weighted by Crippen LogP contribution is 2.13. The summed E-state index contributed by atoms with van der Waals surface area (Å²) in [7, 11) is 0. The summed E-state index contributed by atoms with van der Waals surface area (Å²) in [5.74, 6) is 0. The lowest BCUT2D eigenvalue weighted by molar-refractivity contribution is -0.0284.